The summed E-state index contributed by atoms with van der Waals surface area (Å²) in [7, 11) is 0. The summed E-state index contributed by atoms with van der Waals surface area (Å²) in [4.78, 5) is 9.74. The number of anilines is 12. The molecule has 4 heteroatoms. The Morgan fingerprint density at radius 2 is 0.410 bits per heavy atom. The molecule has 0 atom stereocenters. The molecular formula is C118H90N4. The maximum Gasteiger partial charge on any atom is 0.0546 e. The van der Waals surface area contributed by atoms with Crippen molar-refractivity contribution in [2.75, 3.05) is 19.6 Å². The van der Waals surface area contributed by atoms with Crippen LogP contribution in [0.4, 0.5) is 68.2 Å². The Kier molecular flexibility index (Phi) is 18.7. The van der Waals surface area contributed by atoms with Crippen LogP contribution in [0.25, 0.3) is 111 Å². The van der Waals surface area contributed by atoms with Gasteiger partial charge in [-0.3, -0.25) is 0 Å². The molecule has 2 aliphatic carbocycles. The average molecular weight is 1560 g/mol. The van der Waals surface area contributed by atoms with Gasteiger partial charge in [-0.1, -0.05) is 313 Å². The van der Waals surface area contributed by atoms with Crippen LogP contribution in [0.5, 0.6) is 0 Å². The molecule has 0 saturated carbocycles. The van der Waals surface area contributed by atoms with E-state index in [1.165, 1.54) is 111 Å². The van der Waals surface area contributed by atoms with Gasteiger partial charge in [0.2, 0.25) is 0 Å². The minimum atomic E-state index is -0.335. The largest absolute Gasteiger partial charge is 0.310 e. The molecule has 19 aromatic carbocycles. The highest BCUT2D eigenvalue weighted by Crippen LogP contribution is 2.56. The van der Waals surface area contributed by atoms with Gasteiger partial charge >= 0.3 is 0 Å². The van der Waals surface area contributed by atoms with Crippen molar-refractivity contribution in [3.8, 4) is 89.0 Å². The predicted octanol–water partition coefficient (Wildman–Crippen LogP) is 33.1. The summed E-state index contributed by atoms with van der Waals surface area (Å²) >= 11 is 0. The van der Waals surface area contributed by atoms with Gasteiger partial charge in [0.15, 0.2) is 0 Å². The number of nitrogens with zero attached hydrogens (tertiary/aromatic N) is 4. The molecule has 4 nitrogen and oxygen atoms in total. The maximum absolute atomic E-state index is 2.48. The van der Waals surface area contributed by atoms with Gasteiger partial charge in [-0.25, -0.2) is 0 Å². The van der Waals surface area contributed by atoms with Gasteiger partial charge in [0.05, 0.1) is 5.69 Å². The highest BCUT2D eigenvalue weighted by atomic mass is 15.2. The second-order valence-corrected chi connectivity index (χ2v) is 33.8. The van der Waals surface area contributed by atoms with E-state index in [1.54, 1.807) is 0 Å². The van der Waals surface area contributed by atoms with Gasteiger partial charge in [0.25, 0.3) is 0 Å². The summed E-state index contributed by atoms with van der Waals surface area (Å²) in [6, 6.07) is 162. The van der Waals surface area contributed by atoms with Crippen LogP contribution >= 0.6 is 0 Å². The van der Waals surface area contributed by atoms with Crippen molar-refractivity contribution >= 4 is 89.8 Å². The highest BCUT2D eigenvalue weighted by Gasteiger charge is 2.39. The molecule has 0 aliphatic heterocycles. The Morgan fingerprint density at radius 3 is 0.762 bits per heavy atom. The van der Waals surface area contributed by atoms with E-state index in [0.29, 0.717) is 0 Å². The number of hydrogen-bond acceptors (Lipinski definition) is 4. The Labute approximate surface area is 716 Å². The molecule has 0 aromatic heterocycles. The second kappa shape index (κ2) is 30.7. The summed E-state index contributed by atoms with van der Waals surface area (Å²) in [5, 5.41) is 4.94. The number of benzene rings is 19. The first-order chi connectivity index (χ1) is 59.8. The predicted molar refractivity (Wildman–Crippen MR) is 517 cm³/mol. The Bertz CT molecular complexity index is 7170. The number of fused-ring (bicyclic) bond motifs is 9. The third-order valence-corrected chi connectivity index (χ3v) is 25.5. The lowest BCUT2D eigenvalue weighted by atomic mass is 9.82. The molecule has 0 fully saturated rings. The van der Waals surface area contributed by atoms with Crippen molar-refractivity contribution in [1.29, 1.82) is 0 Å². The van der Waals surface area contributed by atoms with E-state index < -0.39 is 0 Å². The summed E-state index contributed by atoms with van der Waals surface area (Å²) in [6.45, 7) is 14.0. The monoisotopic (exact) mass is 1560 g/mol. The zero-order chi connectivity index (χ0) is 82.2. The first-order valence-corrected chi connectivity index (χ1v) is 42.5. The fourth-order valence-electron chi connectivity index (χ4n) is 19.2. The van der Waals surface area contributed by atoms with Crippen molar-refractivity contribution < 1.29 is 0 Å². The first-order valence-electron chi connectivity index (χ1n) is 42.5. The van der Waals surface area contributed by atoms with E-state index in [9.17, 15) is 0 Å². The van der Waals surface area contributed by atoms with Gasteiger partial charge in [-0.15, -0.1) is 0 Å². The molecular weight excluding hydrogens is 1470 g/mol. The molecule has 19 aromatic rings. The molecule has 0 heterocycles. The van der Waals surface area contributed by atoms with Crippen LogP contribution in [-0.4, -0.2) is 0 Å². The molecule has 0 saturated heterocycles. The molecule has 0 N–H and O–H groups in total. The number of aryl methyl sites for hydroxylation is 2. The molecule has 0 bridgehead atoms. The van der Waals surface area contributed by atoms with E-state index >= 15 is 0 Å². The Hall–Kier alpha value is -15.1. The standard InChI is InChI=1S/C118H90N4/c1-79-24-20-37-99(70-79)121(98-56-46-86(47-57-98)83-30-14-9-15-31-83)103-64-68-109-107-66-62-101(75-112(107)117(3,4)114(109)77-103)119(94-52-42-84(43-53-94)81-26-10-7-11-27-81)96-58-48-87(49-59-96)89-33-22-35-91(72-89)92-36-23-34-90(73-92)88-50-60-97(61-51-88)120(95-54-44-85(45-55-95)82-28-12-8-13-29-82)102-63-67-108-110-69-65-104(78-115(110)118(5,6)113(108)76-102)122(100-38-21-25-80(2)71-100)116-74-93-32-16-17-39-105(93)106-40-18-19-41-111(106)116/h7-78H,1-6H3. The van der Waals surface area contributed by atoms with Crippen molar-refractivity contribution in [2.45, 2.75) is 52.4 Å². The number of rotatable bonds is 18. The van der Waals surface area contributed by atoms with Gasteiger partial charge < -0.3 is 19.6 Å². The van der Waals surface area contributed by atoms with Crippen LogP contribution in [0.2, 0.25) is 0 Å². The topological polar surface area (TPSA) is 13.0 Å². The van der Waals surface area contributed by atoms with E-state index in [-0.39, 0.29) is 10.8 Å². The average Bonchev–Trinajstić information content (AvgIpc) is 1.56. The first kappa shape index (κ1) is 74.4. The van der Waals surface area contributed by atoms with Crippen LogP contribution in [-0.2, 0) is 10.8 Å². The summed E-state index contributed by atoms with van der Waals surface area (Å²) in [6.07, 6.45) is 0. The molecule has 582 valence electrons. The summed E-state index contributed by atoms with van der Waals surface area (Å²) in [5.74, 6) is 0. The zero-order valence-corrected chi connectivity index (χ0v) is 69.4. The van der Waals surface area contributed by atoms with Crippen molar-refractivity contribution in [2.24, 2.45) is 0 Å². The maximum atomic E-state index is 2.48. The SMILES string of the molecule is Cc1cccc(N(c2ccc(-c3ccccc3)cc2)c2ccc3c(c2)C(C)(C)c2cc(N(c4ccc(-c5ccccc5)cc4)c4ccc(-c5cccc(-c6cccc(-c7ccc(N(c8ccc(-c9ccccc9)cc8)c8ccc9c(c8)C(C)(C)c8cc(N(c%10cccc(C)c%10)c%10cc%11ccccc%11c%11ccccc%10%11)ccc8-9)cc7)c6)c5)cc4)ccc2-3)c1. The molecule has 21 rings (SSSR count). The van der Waals surface area contributed by atoms with Crippen LogP contribution in [0.15, 0.2) is 437 Å². The van der Waals surface area contributed by atoms with E-state index in [0.717, 1.165) is 102 Å². The van der Waals surface area contributed by atoms with E-state index in [1.807, 2.05) is 0 Å². The molecule has 0 spiro atoms. The molecule has 0 radical (unpaired) electrons. The second-order valence-electron chi connectivity index (χ2n) is 33.8. The van der Waals surface area contributed by atoms with E-state index in [4.69, 9.17) is 0 Å². The van der Waals surface area contributed by atoms with E-state index in [2.05, 4.69) is 498 Å². The fourth-order valence-corrected chi connectivity index (χ4v) is 19.2. The lowest BCUT2D eigenvalue weighted by Crippen LogP contribution is -2.18. The third kappa shape index (κ3) is 13.6. The van der Waals surface area contributed by atoms with Crippen LogP contribution in [0.1, 0.15) is 61.1 Å². The molecule has 2 aliphatic rings. The molecule has 0 amide bonds. The van der Waals surface area contributed by atoms with Gasteiger partial charge in [-0.05, 0) is 304 Å². The van der Waals surface area contributed by atoms with Gasteiger partial charge in [-0.2, -0.15) is 0 Å². The zero-order valence-electron chi connectivity index (χ0n) is 69.4. The molecule has 122 heavy (non-hydrogen) atoms. The van der Waals surface area contributed by atoms with Crippen molar-refractivity contribution in [1.82, 2.24) is 0 Å². The smallest absolute Gasteiger partial charge is 0.0546 e. The highest BCUT2D eigenvalue weighted by molar-refractivity contribution is 6.15. The van der Waals surface area contributed by atoms with Crippen LogP contribution in [0.3, 0.4) is 0 Å². The lowest BCUT2D eigenvalue weighted by Gasteiger charge is -2.30. The normalized spacial score (nSPS) is 12.6. The Morgan fingerprint density at radius 1 is 0.164 bits per heavy atom. The van der Waals surface area contributed by atoms with Crippen LogP contribution < -0.4 is 19.6 Å². The molecule has 0 unspecified atom stereocenters. The van der Waals surface area contributed by atoms with Crippen molar-refractivity contribution in [3.63, 3.8) is 0 Å². The van der Waals surface area contributed by atoms with Gasteiger partial charge in [0.1, 0.15) is 0 Å². The third-order valence-electron chi connectivity index (χ3n) is 25.5. The lowest BCUT2D eigenvalue weighted by molar-refractivity contribution is 0.660. The summed E-state index contributed by atoms with van der Waals surface area (Å²) < 4.78 is 0. The van der Waals surface area contributed by atoms with Crippen LogP contribution in [0, 0.1) is 13.8 Å². The fraction of sp³-hybridized carbons (Fsp3) is 0.0678. The summed E-state index contributed by atoms with van der Waals surface area (Å²) in [5.41, 5.74) is 39.4. The van der Waals surface area contributed by atoms with Crippen molar-refractivity contribution in [3.05, 3.63) is 470 Å². The minimum absolute atomic E-state index is 0.317. The Balaban J connectivity index is 0.577. The minimum Gasteiger partial charge on any atom is -0.310 e. The van der Waals surface area contributed by atoms with Gasteiger partial charge in [0, 0.05) is 78.8 Å². The number of hydrogen-bond donors (Lipinski definition) is 0. The quantitative estimate of drug-likeness (QED) is 0.0794.